The molecular weight excluding hydrogens is 394 g/mol. The highest BCUT2D eigenvalue weighted by Crippen LogP contribution is 2.64. The van der Waals surface area contributed by atoms with E-state index >= 15 is 0 Å². The van der Waals surface area contributed by atoms with E-state index < -0.39 is 11.1 Å². The number of amides is 1. The lowest BCUT2D eigenvalue weighted by atomic mass is 9.45. The predicted molar refractivity (Wildman–Crippen MR) is 116 cm³/mol. The van der Waals surface area contributed by atoms with Crippen molar-refractivity contribution >= 4 is 6.09 Å². The zero-order chi connectivity index (χ0) is 22.2. The molecule has 7 nitrogen and oxygen atoms in total. The summed E-state index contributed by atoms with van der Waals surface area (Å²) in [4.78, 5) is 18.7. The lowest BCUT2D eigenvalue weighted by molar-refractivity contribution is -0.132. The van der Waals surface area contributed by atoms with Crippen molar-refractivity contribution in [1.82, 2.24) is 9.88 Å². The molecule has 2 heterocycles. The molecule has 2 bridgehead atoms. The third kappa shape index (κ3) is 4.09. The summed E-state index contributed by atoms with van der Waals surface area (Å²) < 4.78 is 17.8. The first kappa shape index (κ1) is 20.9. The molecule has 31 heavy (non-hydrogen) atoms. The molecule has 0 spiro atoms. The molecule has 4 saturated carbocycles. The molecule has 2 atom stereocenters. The monoisotopic (exact) mass is 429 g/mol. The van der Waals surface area contributed by atoms with Gasteiger partial charge in [-0.15, -0.1) is 0 Å². The van der Waals surface area contributed by atoms with Gasteiger partial charge in [0.15, 0.2) is 0 Å². The van der Waals surface area contributed by atoms with Crippen molar-refractivity contribution in [3.05, 3.63) is 17.7 Å². The molecule has 6 rings (SSSR count). The Balaban J connectivity index is 1.22. The molecule has 1 aromatic heterocycles. The number of carbonyl (C=O) groups is 1. The second kappa shape index (κ2) is 6.74. The minimum Gasteiger partial charge on any atom is -0.477 e. The molecule has 2 unspecified atom stereocenters. The minimum absolute atomic E-state index is 0.0767. The number of carbonyl (C=O) groups excluding carboxylic acids is 1. The van der Waals surface area contributed by atoms with E-state index in [2.05, 4.69) is 4.98 Å². The summed E-state index contributed by atoms with van der Waals surface area (Å²) in [6.45, 7) is 11.7. The fourth-order valence-electron chi connectivity index (χ4n) is 5.31. The average molecular weight is 430 g/mol. The van der Waals surface area contributed by atoms with Gasteiger partial charge in [-0.1, -0.05) is 0 Å². The number of hydrogen-bond acceptors (Lipinski definition) is 6. The first-order chi connectivity index (χ1) is 14.4. The van der Waals surface area contributed by atoms with Crippen LogP contribution in [0.15, 0.2) is 12.1 Å². The van der Waals surface area contributed by atoms with Crippen LogP contribution in [0.1, 0.15) is 59.4 Å². The average Bonchev–Trinajstić information content (AvgIpc) is 3.00. The summed E-state index contributed by atoms with van der Waals surface area (Å²) in [6, 6.07) is 3.86. The fourth-order valence-corrected chi connectivity index (χ4v) is 5.31. The Morgan fingerprint density at radius 2 is 1.74 bits per heavy atom. The van der Waals surface area contributed by atoms with Crippen molar-refractivity contribution in [1.29, 1.82) is 0 Å². The normalized spacial score (nSPS) is 33.2. The van der Waals surface area contributed by atoms with Crippen LogP contribution in [0.25, 0.3) is 0 Å². The van der Waals surface area contributed by atoms with Gasteiger partial charge in [-0.25, -0.2) is 4.79 Å². The molecule has 5 fully saturated rings. The molecule has 1 saturated heterocycles. The Kier molecular flexibility index (Phi) is 4.53. The molecular formula is C24H35N3O4. The van der Waals surface area contributed by atoms with Crippen molar-refractivity contribution in [2.75, 3.05) is 19.7 Å². The van der Waals surface area contributed by atoms with Crippen molar-refractivity contribution in [3.8, 4) is 11.8 Å². The molecule has 0 radical (unpaired) electrons. The summed E-state index contributed by atoms with van der Waals surface area (Å²) >= 11 is 0. The Labute approximate surface area is 184 Å². The van der Waals surface area contributed by atoms with E-state index in [1.165, 1.54) is 19.3 Å². The number of ether oxygens (including phenoxy) is 3. The van der Waals surface area contributed by atoms with Crippen molar-refractivity contribution in [2.24, 2.45) is 28.9 Å². The van der Waals surface area contributed by atoms with Gasteiger partial charge in [0.1, 0.15) is 11.7 Å². The third-order valence-corrected chi connectivity index (χ3v) is 7.24. The van der Waals surface area contributed by atoms with Gasteiger partial charge in [0.2, 0.25) is 11.8 Å². The van der Waals surface area contributed by atoms with Gasteiger partial charge in [-0.05, 0) is 65.4 Å². The summed E-state index contributed by atoms with van der Waals surface area (Å²) in [5, 5.41) is 0. The summed E-state index contributed by atoms with van der Waals surface area (Å²) in [7, 11) is 0. The van der Waals surface area contributed by atoms with Gasteiger partial charge in [0, 0.05) is 48.0 Å². The zero-order valence-electron chi connectivity index (χ0n) is 19.3. The van der Waals surface area contributed by atoms with Gasteiger partial charge < -0.3 is 24.8 Å². The van der Waals surface area contributed by atoms with E-state index in [1.54, 1.807) is 4.90 Å². The molecule has 5 aliphatic rings. The third-order valence-electron chi connectivity index (χ3n) is 7.24. The maximum atomic E-state index is 12.3. The van der Waals surface area contributed by atoms with Crippen LogP contribution in [0, 0.1) is 23.2 Å². The van der Waals surface area contributed by atoms with E-state index in [0.29, 0.717) is 42.1 Å². The van der Waals surface area contributed by atoms with Gasteiger partial charge in [-0.3, -0.25) is 0 Å². The lowest BCUT2D eigenvalue weighted by Crippen LogP contribution is -2.55. The van der Waals surface area contributed by atoms with Crippen LogP contribution in [0.5, 0.6) is 11.8 Å². The van der Waals surface area contributed by atoms with Crippen LogP contribution in [-0.4, -0.2) is 47.4 Å². The topological polar surface area (TPSA) is 86.9 Å². The molecule has 1 aliphatic heterocycles. The van der Waals surface area contributed by atoms with E-state index in [4.69, 9.17) is 19.9 Å². The molecule has 4 aliphatic carbocycles. The Hall–Kier alpha value is -2.02. The van der Waals surface area contributed by atoms with Gasteiger partial charge in [0.25, 0.3) is 0 Å². The van der Waals surface area contributed by atoms with Crippen molar-refractivity contribution < 1.29 is 19.0 Å². The molecule has 1 aromatic rings. The maximum Gasteiger partial charge on any atom is 0.410 e. The van der Waals surface area contributed by atoms with E-state index in [0.717, 1.165) is 18.1 Å². The van der Waals surface area contributed by atoms with Crippen LogP contribution < -0.4 is 15.2 Å². The first-order valence-corrected chi connectivity index (χ1v) is 11.5. The van der Waals surface area contributed by atoms with E-state index in [1.807, 2.05) is 46.8 Å². The summed E-state index contributed by atoms with van der Waals surface area (Å²) in [6.07, 6.45) is 3.70. The fraction of sp³-hybridized carbons (Fsp3) is 0.750. The van der Waals surface area contributed by atoms with E-state index in [-0.39, 0.29) is 12.2 Å². The number of nitrogens with zero attached hydrogens (tertiary/aromatic N) is 2. The van der Waals surface area contributed by atoms with Gasteiger partial charge in [0.05, 0.1) is 6.61 Å². The molecule has 7 heteroatoms. The number of likely N-dealkylation sites (tertiary alicyclic amines) is 1. The first-order valence-electron chi connectivity index (χ1n) is 11.5. The SMILES string of the molecule is CC(C)(C)OC(=O)N1CC2C(C1)C2Oc1cc(C(C)(C)N)cc(OCC23CC(C2)C3)n1. The number of nitrogens with two attached hydrogens (primary N) is 1. The molecule has 170 valence electrons. The quantitative estimate of drug-likeness (QED) is 0.742. The lowest BCUT2D eigenvalue weighted by Gasteiger charge is -2.61. The van der Waals surface area contributed by atoms with E-state index in [9.17, 15) is 4.79 Å². The summed E-state index contributed by atoms with van der Waals surface area (Å²) in [5.74, 6) is 2.74. The molecule has 2 N–H and O–H groups in total. The number of hydrogen-bond donors (Lipinski definition) is 1. The second-order valence-electron chi connectivity index (χ2n) is 11.8. The number of pyridine rings is 1. The number of rotatable bonds is 6. The van der Waals surface area contributed by atoms with Gasteiger partial charge in [-0.2, -0.15) is 4.98 Å². The van der Waals surface area contributed by atoms with Crippen molar-refractivity contribution in [2.45, 2.75) is 71.1 Å². The van der Waals surface area contributed by atoms with Crippen molar-refractivity contribution in [3.63, 3.8) is 0 Å². The highest BCUT2D eigenvalue weighted by molar-refractivity contribution is 5.69. The second-order valence-corrected chi connectivity index (χ2v) is 11.8. The number of aromatic nitrogens is 1. The Morgan fingerprint density at radius 3 is 2.26 bits per heavy atom. The standard InChI is InChI=1S/C24H35N3O4/c1-22(2,3)31-21(28)27-11-16-17(12-27)20(16)30-19-7-15(23(4,5)25)6-18(26-19)29-13-24-8-14(9-24)10-24/h6-7,14,16-17,20H,8-13,25H2,1-5H3. The van der Waals surface area contributed by atoms with Crippen LogP contribution in [0.3, 0.4) is 0 Å². The smallest absolute Gasteiger partial charge is 0.410 e. The molecule has 0 aromatic carbocycles. The zero-order valence-corrected chi connectivity index (χ0v) is 19.3. The minimum atomic E-state index is -0.511. The Morgan fingerprint density at radius 1 is 1.13 bits per heavy atom. The highest BCUT2D eigenvalue weighted by Gasteiger charge is 2.60. The van der Waals surface area contributed by atoms with Gasteiger partial charge >= 0.3 is 6.09 Å². The number of fused-ring (bicyclic) bond motifs is 1. The number of piperidine rings is 1. The molecule has 1 amide bonds. The van der Waals surface area contributed by atoms with Crippen LogP contribution in [0.4, 0.5) is 4.79 Å². The predicted octanol–water partition coefficient (Wildman–Crippen LogP) is 3.70. The van der Waals surface area contributed by atoms with Crippen LogP contribution in [-0.2, 0) is 10.3 Å². The maximum absolute atomic E-state index is 12.3. The van der Waals surface area contributed by atoms with Crippen LogP contribution >= 0.6 is 0 Å². The largest absolute Gasteiger partial charge is 0.477 e. The highest BCUT2D eigenvalue weighted by atomic mass is 16.6. The Bertz CT molecular complexity index is 859. The summed E-state index contributed by atoms with van der Waals surface area (Å²) in [5.41, 5.74) is 6.72. The van der Waals surface area contributed by atoms with Crippen LogP contribution in [0.2, 0.25) is 0 Å².